The van der Waals surface area contributed by atoms with Gasteiger partial charge in [-0.25, -0.2) is 4.57 Å². The van der Waals surface area contributed by atoms with Crippen molar-refractivity contribution in [2.24, 2.45) is 0 Å². The van der Waals surface area contributed by atoms with Crippen LogP contribution in [0.3, 0.4) is 0 Å². The molecule has 1 aliphatic carbocycles. The largest absolute Gasteiger partial charge is 0.472 e. The molecule has 1 saturated carbocycles. The van der Waals surface area contributed by atoms with Crippen LogP contribution in [0, 0.1) is 0 Å². The van der Waals surface area contributed by atoms with Gasteiger partial charge >= 0.3 is 7.82 Å². The molecule has 344 valence electrons. The van der Waals surface area contributed by atoms with Gasteiger partial charge in [0.15, 0.2) is 0 Å². The van der Waals surface area contributed by atoms with Gasteiger partial charge in [-0.1, -0.05) is 187 Å². The molecule has 0 aromatic carbocycles. The third-order valence-corrected chi connectivity index (χ3v) is 12.4. The number of nitrogens with one attached hydrogen (secondary N) is 1. The van der Waals surface area contributed by atoms with Crippen LogP contribution in [0.4, 0.5) is 0 Å². The van der Waals surface area contributed by atoms with Gasteiger partial charge in [-0.15, -0.1) is 0 Å². The molecule has 1 amide bonds. The normalized spacial score (nSPS) is 23.8. The highest BCUT2D eigenvalue weighted by Gasteiger charge is 2.51. The van der Waals surface area contributed by atoms with Crippen molar-refractivity contribution in [3.05, 3.63) is 12.2 Å². The summed E-state index contributed by atoms with van der Waals surface area (Å²) in [5.41, 5.74) is 0. The molecule has 14 heteroatoms. The molecular weight excluding hydrogens is 765 g/mol. The fourth-order valence-electron chi connectivity index (χ4n) is 7.54. The minimum Gasteiger partial charge on any atom is -0.393 e. The van der Waals surface area contributed by atoms with Crippen molar-refractivity contribution in [1.82, 2.24) is 5.32 Å². The lowest BCUT2D eigenvalue weighted by atomic mass is 9.85. The van der Waals surface area contributed by atoms with Gasteiger partial charge in [0.2, 0.25) is 5.91 Å². The summed E-state index contributed by atoms with van der Waals surface area (Å²) in [6.45, 7) is 3.73. The van der Waals surface area contributed by atoms with Crippen LogP contribution in [0.5, 0.6) is 0 Å². The van der Waals surface area contributed by atoms with E-state index in [4.69, 9.17) is 9.05 Å². The van der Waals surface area contributed by atoms with Crippen molar-refractivity contribution in [3.63, 3.8) is 0 Å². The van der Waals surface area contributed by atoms with Crippen LogP contribution in [0.25, 0.3) is 0 Å². The molecule has 0 aromatic heterocycles. The topological polar surface area (TPSA) is 226 Å². The summed E-state index contributed by atoms with van der Waals surface area (Å²) in [6, 6.07) is -1.23. The standard InChI is InChI=1S/C44H86NO12P/c1-3-5-7-9-11-13-15-17-18-19-20-21-23-25-27-29-31-35(46)33-38(48)45-36(37(47)32-30-28-26-24-22-16-14-12-10-8-6-4-2)34-56-58(54,55)57-44-42(52)40(50)39(49)41(51)43(44)53/h30,32,35-37,39-44,46-47,49-53H,3-29,31,33-34H2,1-2H3,(H,45,48)(H,54,55)/b32-30+. The minimum atomic E-state index is -5.13. The van der Waals surface area contributed by atoms with Crippen LogP contribution in [-0.2, 0) is 18.4 Å². The first kappa shape index (κ1) is 55.1. The SMILES string of the molecule is CCCCCCCCCCCC/C=C/C(O)C(COP(=O)(O)OC1C(O)C(O)C(O)C(O)C1O)NC(=O)CC(O)CCCCCCCCCCCCCCCCCC. The maximum absolute atomic E-state index is 13.0. The summed E-state index contributed by atoms with van der Waals surface area (Å²) >= 11 is 0. The van der Waals surface area contributed by atoms with Gasteiger partial charge in [-0.3, -0.25) is 13.8 Å². The van der Waals surface area contributed by atoms with Crippen molar-refractivity contribution < 1.29 is 59.0 Å². The third kappa shape index (κ3) is 26.4. The number of carbonyl (C=O) groups is 1. The second-order valence-electron chi connectivity index (χ2n) is 16.8. The number of amides is 1. The molecule has 1 rings (SSSR count). The van der Waals surface area contributed by atoms with Crippen molar-refractivity contribution in [3.8, 4) is 0 Å². The number of allylic oxidation sites excluding steroid dienone is 1. The van der Waals surface area contributed by atoms with Gasteiger partial charge in [0.1, 0.15) is 36.6 Å². The first-order valence-corrected chi connectivity index (χ1v) is 24.7. The lowest BCUT2D eigenvalue weighted by Crippen LogP contribution is -2.64. The van der Waals surface area contributed by atoms with Crippen LogP contribution in [-0.4, -0.2) is 108 Å². The quantitative estimate of drug-likeness (QED) is 0.0168. The Morgan fingerprint density at radius 1 is 0.603 bits per heavy atom. The van der Waals surface area contributed by atoms with E-state index in [1.165, 1.54) is 128 Å². The van der Waals surface area contributed by atoms with Crippen molar-refractivity contribution in [1.29, 1.82) is 0 Å². The molecule has 1 fully saturated rings. The fourth-order valence-corrected chi connectivity index (χ4v) is 8.50. The zero-order valence-electron chi connectivity index (χ0n) is 36.2. The Hall–Kier alpha value is -0.960. The second kappa shape index (κ2) is 34.6. The van der Waals surface area contributed by atoms with Crippen molar-refractivity contribution in [2.45, 2.75) is 255 Å². The molecule has 13 nitrogen and oxygen atoms in total. The molecule has 1 aliphatic rings. The molecule has 0 saturated heterocycles. The number of aliphatic hydroxyl groups excluding tert-OH is 7. The highest BCUT2D eigenvalue weighted by molar-refractivity contribution is 7.47. The van der Waals surface area contributed by atoms with E-state index in [2.05, 4.69) is 19.2 Å². The Morgan fingerprint density at radius 2 is 0.983 bits per heavy atom. The first-order valence-electron chi connectivity index (χ1n) is 23.2. The van der Waals surface area contributed by atoms with E-state index < -0.39 is 75.2 Å². The maximum atomic E-state index is 13.0. The van der Waals surface area contributed by atoms with E-state index in [0.29, 0.717) is 12.8 Å². The number of carbonyl (C=O) groups excluding carboxylic acids is 1. The minimum absolute atomic E-state index is 0.240. The maximum Gasteiger partial charge on any atom is 0.472 e. The van der Waals surface area contributed by atoms with Gasteiger partial charge in [0.05, 0.1) is 31.3 Å². The average molecular weight is 852 g/mol. The highest BCUT2D eigenvalue weighted by atomic mass is 31.2. The zero-order valence-corrected chi connectivity index (χ0v) is 37.1. The second-order valence-corrected chi connectivity index (χ2v) is 18.2. The number of phosphoric ester groups is 1. The summed E-state index contributed by atoms with van der Waals surface area (Å²) in [5.74, 6) is -0.591. The number of aliphatic hydroxyl groups is 7. The first-order chi connectivity index (χ1) is 27.8. The molecule has 0 aliphatic heterocycles. The number of hydrogen-bond acceptors (Lipinski definition) is 11. The van der Waals surface area contributed by atoms with Crippen LogP contribution in [0.15, 0.2) is 12.2 Å². The summed E-state index contributed by atoms with van der Waals surface area (Å²) in [7, 11) is -5.13. The Labute approximate surface area is 351 Å². The summed E-state index contributed by atoms with van der Waals surface area (Å²) in [4.78, 5) is 23.4. The van der Waals surface area contributed by atoms with Crippen molar-refractivity contribution in [2.75, 3.05) is 6.61 Å². The van der Waals surface area contributed by atoms with Crippen molar-refractivity contribution >= 4 is 13.7 Å². The fraction of sp³-hybridized carbons (Fsp3) is 0.932. The van der Waals surface area contributed by atoms with E-state index in [0.717, 1.165) is 44.9 Å². The Morgan fingerprint density at radius 3 is 1.41 bits per heavy atom. The highest BCUT2D eigenvalue weighted by Crippen LogP contribution is 2.47. The van der Waals surface area contributed by atoms with Crippen LogP contribution in [0.1, 0.15) is 200 Å². The summed E-state index contributed by atoms with van der Waals surface area (Å²) < 4.78 is 22.8. The predicted molar refractivity (Wildman–Crippen MR) is 229 cm³/mol. The van der Waals surface area contributed by atoms with Gasteiger partial charge < -0.3 is 46.0 Å². The third-order valence-electron chi connectivity index (χ3n) is 11.4. The van der Waals surface area contributed by atoms with Gasteiger partial charge in [-0.2, -0.15) is 0 Å². The molecule has 8 unspecified atom stereocenters. The van der Waals surface area contributed by atoms with Gasteiger partial charge in [0, 0.05) is 0 Å². The number of rotatable bonds is 38. The molecule has 8 atom stereocenters. The molecule has 0 bridgehead atoms. The average Bonchev–Trinajstić information content (AvgIpc) is 3.19. The Balaban J connectivity index is 2.53. The molecule has 9 N–H and O–H groups in total. The predicted octanol–water partition coefficient (Wildman–Crippen LogP) is 7.42. The van der Waals surface area contributed by atoms with Gasteiger partial charge in [-0.05, 0) is 19.3 Å². The van der Waals surface area contributed by atoms with Crippen LogP contribution >= 0.6 is 7.82 Å². The lowest BCUT2D eigenvalue weighted by Gasteiger charge is -2.41. The molecular formula is C44H86NO12P. The summed E-state index contributed by atoms with van der Waals surface area (Å²) in [6.07, 6.45) is 21.6. The molecule has 0 aromatic rings. The van der Waals surface area contributed by atoms with E-state index in [-0.39, 0.29) is 6.42 Å². The summed E-state index contributed by atoms with van der Waals surface area (Å²) in [5, 5.41) is 74.4. The van der Waals surface area contributed by atoms with E-state index in [1.807, 2.05) is 0 Å². The Kier molecular flexibility index (Phi) is 32.9. The molecule has 0 spiro atoms. The number of unbranched alkanes of at least 4 members (excludes halogenated alkanes) is 25. The molecule has 0 radical (unpaired) electrons. The lowest BCUT2D eigenvalue weighted by molar-refractivity contribution is -0.220. The van der Waals surface area contributed by atoms with Gasteiger partial charge in [0.25, 0.3) is 0 Å². The Bertz CT molecular complexity index is 1050. The zero-order chi connectivity index (χ0) is 43.0. The number of phosphoric acid groups is 1. The smallest absolute Gasteiger partial charge is 0.393 e. The monoisotopic (exact) mass is 852 g/mol. The van der Waals surface area contributed by atoms with Crippen LogP contribution < -0.4 is 5.32 Å². The molecule has 0 heterocycles. The van der Waals surface area contributed by atoms with Crippen LogP contribution in [0.2, 0.25) is 0 Å². The van der Waals surface area contributed by atoms with E-state index >= 15 is 0 Å². The number of hydrogen-bond donors (Lipinski definition) is 9. The van der Waals surface area contributed by atoms with E-state index in [1.54, 1.807) is 6.08 Å². The van der Waals surface area contributed by atoms with E-state index in [9.17, 15) is 50.0 Å². The molecule has 58 heavy (non-hydrogen) atoms.